The summed E-state index contributed by atoms with van der Waals surface area (Å²) in [7, 11) is 0. The second kappa shape index (κ2) is 7.19. The predicted molar refractivity (Wildman–Crippen MR) is 72.0 cm³/mol. The number of aliphatic hydroxyl groups is 1. The smallest absolute Gasteiger partial charge is 0.340 e. The van der Waals surface area contributed by atoms with Gasteiger partial charge in [0.2, 0.25) is 6.29 Å². The van der Waals surface area contributed by atoms with E-state index in [9.17, 15) is 14.7 Å². The summed E-state index contributed by atoms with van der Waals surface area (Å²) in [4.78, 5) is 23.0. The first-order valence-electron chi connectivity index (χ1n) is 6.80. The summed E-state index contributed by atoms with van der Waals surface area (Å²) in [5, 5.41) is 9.96. The van der Waals surface area contributed by atoms with Gasteiger partial charge in [0.1, 0.15) is 0 Å². The van der Waals surface area contributed by atoms with Crippen LogP contribution in [0.5, 0.6) is 0 Å². The van der Waals surface area contributed by atoms with Gasteiger partial charge in [-0.3, -0.25) is 4.79 Å². The third-order valence-electron chi connectivity index (χ3n) is 3.11. The molecule has 1 aliphatic rings. The van der Waals surface area contributed by atoms with Gasteiger partial charge in [-0.1, -0.05) is 30.3 Å². The van der Waals surface area contributed by atoms with E-state index in [1.54, 1.807) is 30.3 Å². The van der Waals surface area contributed by atoms with Crippen LogP contribution in [0.25, 0.3) is 0 Å². The Morgan fingerprint density at radius 2 is 2.00 bits per heavy atom. The van der Waals surface area contributed by atoms with Gasteiger partial charge in [-0.2, -0.15) is 0 Å². The third-order valence-corrected chi connectivity index (χ3v) is 3.11. The van der Waals surface area contributed by atoms with Crippen LogP contribution >= 0.6 is 0 Å². The summed E-state index contributed by atoms with van der Waals surface area (Å²) < 4.78 is 15.5. The van der Waals surface area contributed by atoms with Crippen molar-refractivity contribution >= 4 is 11.9 Å². The van der Waals surface area contributed by atoms with Crippen molar-refractivity contribution in [3.63, 3.8) is 0 Å². The summed E-state index contributed by atoms with van der Waals surface area (Å²) in [6.07, 6.45) is -1.77. The maximum absolute atomic E-state index is 12.0. The fourth-order valence-electron chi connectivity index (χ4n) is 2.10. The normalized spacial score (nSPS) is 23.1. The molecule has 0 bridgehead atoms. The first kappa shape index (κ1) is 15.5. The largest absolute Gasteiger partial charge is 0.454 e. The monoisotopic (exact) mass is 294 g/mol. The van der Waals surface area contributed by atoms with Gasteiger partial charge < -0.3 is 19.3 Å². The molecule has 2 rings (SSSR count). The van der Waals surface area contributed by atoms with Crippen LogP contribution in [-0.4, -0.2) is 36.0 Å². The van der Waals surface area contributed by atoms with Crippen molar-refractivity contribution in [1.82, 2.24) is 0 Å². The van der Waals surface area contributed by atoms with Crippen molar-refractivity contribution in [3.05, 3.63) is 35.9 Å². The maximum atomic E-state index is 12.0. The van der Waals surface area contributed by atoms with Crippen molar-refractivity contribution in [2.45, 2.75) is 38.3 Å². The maximum Gasteiger partial charge on any atom is 0.340 e. The number of hydrogen-bond acceptors (Lipinski definition) is 6. The molecule has 1 aromatic carbocycles. The van der Waals surface area contributed by atoms with Crippen molar-refractivity contribution < 1.29 is 28.9 Å². The van der Waals surface area contributed by atoms with Gasteiger partial charge in [0.15, 0.2) is 12.2 Å². The summed E-state index contributed by atoms with van der Waals surface area (Å²) in [6.45, 7) is 1.70. The molecule has 1 saturated heterocycles. The van der Waals surface area contributed by atoms with Crippen LogP contribution in [0.4, 0.5) is 0 Å². The van der Waals surface area contributed by atoms with Crippen molar-refractivity contribution in [2.75, 3.05) is 6.61 Å². The first-order valence-corrected chi connectivity index (χ1v) is 6.80. The molecule has 0 amide bonds. The van der Waals surface area contributed by atoms with Gasteiger partial charge in [-0.25, -0.2) is 4.79 Å². The van der Waals surface area contributed by atoms with Gasteiger partial charge in [-0.05, 0) is 18.4 Å². The van der Waals surface area contributed by atoms with E-state index in [4.69, 9.17) is 14.2 Å². The van der Waals surface area contributed by atoms with E-state index in [1.165, 1.54) is 6.92 Å². The topological polar surface area (TPSA) is 82.1 Å². The molecular weight excluding hydrogens is 276 g/mol. The fourth-order valence-corrected chi connectivity index (χ4v) is 2.10. The Balaban J connectivity index is 1.98. The molecule has 0 aromatic heterocycles. The van der Waals surface area contributed by atoms with Crippen LogP contribution in [0.1, 0.15) is 31.4 Å². The van der Waals surface area contributed by atoms with E-state index in [1.807, 2.05) is 0 Å². The van der Waals surface area contributed by atoms with Crippen LogP contribution in [-0.2, 0) is 23.8 Å². The third kappa shape index (κ3) is 4.27. The number of aliphatic hydroxyl groups excluding tert-OH is 1. The van der Waals surface area contributed by atoms with Gasteiger partial charge in [0.25, 0.3) is 0 Å². The van der Waals surface area contributed by atoms with E-state index >= 15 is 0 Å². The molecule has 0 unspecified atom stereocenters. The first-order chi connectivity index (χ1) is 10.1. The summed E-state index contributed by atoms with van der Waals surface area (Å²) >= 11 is 0. The van der Waals surface area contributed by atoms with E-state index < -0.39 is 30.4 Å². The molecule has 1 heterocycles. The molecule has 0 saturated carbocycles. The SMILES string of the molecule is CC(=O)O[C@@H]1OCCC[C@H]1OC(=O)[C@@H](O)c1ccccc1. The van der Waals surface area contributed by atoms with Crippen LogP contribution in [0.15, 0.2) is 30.3 Å². The Morgan fingerprint density at radius 1 is 1.29 bits per heavy atom. The minimum absolute atomic E-state index is 0.438. The van der Waals surface area contributed by atoms with Crippen LogP contribution in [0, 0.1) is 0 Å². The van der Waals surface area contributed by atoms with Crippen LogP contribution < -0.4 is 0 Å². The average Bonchev–Trinajstić information content (AvgIpc) is 2.49. The van der Waals surface area contributed by atoms with Gasteiger partial charge in [0.05, 0.1) is 6.61 Å². The number of benzene rings is 1. The lowest BCUT2D eigenvalue weighted by Crippen LogP contribution is -2.41. The standard InChI is InChI=1S/C15H18O6/c1-10(16)20-15-12(8-5-9-19-15)21-14(18)13(17)11-6-3-2-4-7-11/h2-4,6-7,12-13,15,17H,5,8-9H2,1H3/t12-,13+,15+/m1/s1. The highest BCUT2D eigenvalue weighted by atomic mass is 16.7. The quantitative estimate of drug-likeness (QED) is 0.844. The molecule has 1 aliphatic heterocycles. The lowest BCUT2D eigenvalue weighted by atomic mass is 10.1. The summed E-state index contributed by atoms with van der Waals surface area (Å²) in [5.74, 6) is -1.29. The zero-order valence-corrected chi connectivity index (χ0v) is 11.7. The minimum atomic E-state index is -1.37. The molecule has 0 aliphatic carbocycles. The second-order valence-electron chi connectivity index (χ2n) is 4.78. The second-order valence-corrected chi connectivity index (χ2v) is 4.78. The Labute approximate surface area is 122 Å². The molecule has 1 fully saturated rings. The number of carbonyl (C=O) groups is 2. The Kier molecular flexibility index (Phi) is 5.30. The number of ether oxygens (including phenoxy) is 3. The zero-order valence-electron chi connectivity index (χ0n) is 11.7. The summed E-state index contributed by atoms with van der Waals surface area (Å²) in [6, 6.07) is 8.49. The molecule has 3 atom stereocenters. The number of hydrogen-bond donors (Lipinski definition) is 1. The molecule has 0 spiro atoms. The van der Waals surface area contributed by atoms with E-state index in [0.29, 0.717) is 25.0 Å². The molecule has 6 heteroatoms. The molecule has 21 heavy (non-hydrogen) atoms. The molecular formula is C15H18O6. The lowest BCUT2D eigenvalue weighted by Gasteiger charge is -2.30. The Bertz CT molecular complexity index is 486. The zero-order chi connectivity index (χ0) is 15.2. The Hall–Kier alpha value is -1.92. The number of rotatable bonds is 4. The summed E-state index contributed by atoms with van der Waals surface area (Å²) in [5.41, 5.74) is 0.447. The van der Waals surface area contributed by atoms with E-state index in [-0.39, 0.29) is 0 Å². The highest BCUT2D eigenvalue weighted by molar-refractivity contribution is 5.76. The van der Waals surface area contributed by atoms with Gasteiger partial charge in [0, 0.05) is 6.92 Å². The van der Waals surface area contributed by atoms with Gasteiger partial charge >= 0.3 is 11.9 Å². The number of esters is 2. The fraction of sp³-hybridized carbons (Fsp3) is 0.467. The molecule has 0 radical (unpaired) electrons. The van der Waals surface area contributed by atoms with Crippen LogP contribution in [0.2, 0.25) is 0 Å². The minimum Gasteiger partial charge on any atom is -0.454 e. The average molecular weight is 294 g/mol. The molecule has 114 valence electrons. The molecule has 1 aromatic rings. The van der Waals surface area contributed by atoms with Crippen LogP contribution in [0.3, 0.4) is 0 Å². The lowest BCUT2D eigenvalue weighted by molar-refractivity contribution is -0.227. The van der Waals surface area contributed by atoms with E-state index in [0.717, 1.165) is 0 Å². The molecule has 6 nitrogen and oxygen atoms in total. The van der Waals surface area contributed by atoms with Gasteiger partial charge in [-0.15, -0.1) is 0 Å². The van der Waals surface area contributed by atoms with E-state index in [2.05, 4.69) is 0 Å². The highest BCUT2D eigenvalue weighted by Crippen LogP contribution is 2.22. The van der Waals surface area contributed by atoms with Crippen molar-refractivity contribution in [3.8, 4) is 0 Å². The van der Waals surface area contributed by atoms with Crippen molar-refractivity contribution in [2.24, 2.45) is 0 Å². The molecule has 1 N–H and O–H groups in total. The number of carbonyl (C=O) groups excluding carboxylic acids is 2. The predicted octanol–water partition coefficient (Wildman–Crippen LogP) is 1.33. The van der Waals surface area contributed by atoms with Crippen molar-refractivity contribution in [1.29, 1.82) is 0 Å². The highest BCUT2D eigenvalue weighted by Gasteiger charge is 2.33. The Morgan fingerprint density at radius 3 is 2.67 bits per heavy atom.